The summed E-state index contributed by atoms with van der Waals surface area (Å²) in [6, 6.07) is 4.50. The molecule has 82 valence electrons. The van der Waals surface area contributed by atoms with Crippen LogP contribution in [0, 0.1) is 0 Å². The van der Waals surface area contributed by atoms with Crippen LogP contribution in [0.25, 0.3) is 5.69 Å². The Morgan fingerprint density at radius 2 is 2.25 bits per heavy atom. The Labute approximate surface area is 105 Å². The summed E-state index contributed by atoms with van der Waals surface area (Å²) < 4.78 is 2.39. The largest absolute Gasteiger partial charge is 0.478 e. The fourth-order valence-corrected chi connectivity index (χ4v) is 1.81. The molecular formula is C10H6BrClN2O2. The minimum atomic E-state index is -1.00. The lowest BCUT2D eigenvalue weighted by atomic mass is 10.2. The third-order valence-electron chi connectivity index (χ3n) is 1.99. The van der Waals surface area contributed by atoms with Gasteiger partial charge in [0.2, 0.25) is 0 Å². The molecule has 0 atom stereocenters. The van der Waals surface area contributed by atoms with Crippen molar-refractivity contribution in [3.63, 3.8) is 0 Å². The van der Waals surface area contributed by atoms with E-state index in [2.05, 4.69) is 21.0 Å². The Kier molecular flexibility index (Phi) is 2.98. The predicted molar refractivity (Wildman–Crippen MR) is 63.2 cm³/mol. The molecule has 0 saturated heterocycles. The van der Waals surface area contributed by atoms with E-state index >= 15 is 0 Å². The minimum Gasteiger partial charge on any atom is -0.478 e. The highest BCUT2D eigenvalue weighted by atomic mass is 79.9. The fourth-order valence-electron chi connectivity index (χ4n) is 1.26. The van der Waals surface area contributed by atoms with Gasteiger partial charge in [-0.15, -0.1) is 0 Å². The van der Waals surface area contributed by atoms with Crippen molar-refractivity contribution in [3.8, 4) is 5.69 Å². The van der Waals surface area contributed by atoms with Gasteiger partial charge in [-0.05, 0) is 34.1 Å². The smallest absolute Gasteiger partial charge is 0.335 e. The summed E-state index contributed by atoms with van der Waals surface area (Å²) >= 11 is 9.25. The third-order valence-corrected chi connectivity index (χ3v) is 2.70. The zero-order chi connectivity index (χ0) is 11.7. The molecule has 0 bridgehead atoms. The lowest BCUT2D eigenvalue weighted by molar-refractivity contribution is 0.0697. The first-order chi connectivity index (χ1) is 7.58. The molecule has 4 nitrogen and oxygen atoms in total. The number of aromatic carboxylic acids is 1. The highest BCUT2D eigenvalue weighted by Crippen LogP contribution is 2.22. The van der Waals surface area contributed by atoms with Crippen molar-refractivity contribution in [1.82, 2.24) is 9.78 Å². The maximum absolute atomic E-state index is 10.7. The van der Waals surface area contributed by atoms with Crippen molar-refractivity contribution < 1.29 is 9.90 Å². The van der Waals surface area contributed by atoms with E-state index in [4.69, 9.17) is 16.7 Å². The van der Waals surface area contributed by atoms with Crippen LogP contribution in [0.4, 0.5) is 0 Å². The number of carboxylic acids is 1. The van der Waals surface area contributed by atoms with Gasteiger partial charge in [-0.1, -0.05) is 11.6 Å². The molecule has 0 fully saturated rings. The molecule has 0 amide bonds. The van der Waals surface area contributed by atoms with Crippen molar-refractivity contribution in [1.29, 1.82) is 0 Å². The molecule has 2 aromatic rings. The van der Waals surface area contributed by atoms with Gasteiger partial charge in [0.1, 0.15) is 0 Å². The van der Waals surface area contributed by atoms with Gasteiger partial charge in [-0.2, -0.15) is 5.10 Å². The van der Waals surface area contributed by atoms with E-state index in [0.717, 1.165) is 4.47 Å². The normalized spacial score (nSPS) is 10.4. The zero-order valence-corrected chi connectivity index (χ0v) is 10.2. The standard InChI is InChI=1S/C10H6BrClN2O2/c11-7-4-13-14(5-7)9-2-1-6(10(15)16)3-8(9)12/h1-5H,(H,15,16). The maximum atomic E-state index is 10.7. The number of nitrogens with zero attached hydrogens (tertiary/aromatic N) is 2. The van der Waals surface area contributed by atoms with Gasteiger partial charge in [0.15, 0.2) is 0 Å². The first-order valence-corrected chi connectivity index (χ1v) is 5.48. The summed E-state index contributed by atoms with van der Waals surface area (Å²) in [5, 5.41) is 13.2. The lowest BCUT2D eigenvalue weighted by Gasteiger charge is -2.04. The molecular weight excluding hydrogens is 295 g/mol. The van der Waals surface area contributed by atoms with E-state index in [-0.39, 0.29) is 5.56 Å². The monoisotopic (exact) mass is 300 g/mol. The van der Waals surface area contributed by atoms with E-state index in [9.17, 15) is 4.79 Å². The van der Waals surface area contributed by atoms with Gasteiger partial charge in [-0.3, -0.25) is 0 Å². The Morgan fingerprint density at radius 1 is 1.50 bits per heavy atom. The van der Waals surface area contributed by atoms with E-state index in [0.29, 0.717) is 10.7 Å². The Morgan fingerprint density at radius 3 is 2.75 bits per heavy atom. The SMILES string of the molecule is O=C(O)c1ccc(-n2cc(Br)cn2)c(Cl)c1. The van der Waals surface area contributed by atoms with E-state index in [1.807, 2.05) is 0 Å². The molecule has 1 aromatic heterocycles. The summed E-state index contributed by atoms with van der Waals surface area (Å²) in [6.45, 7) is 0. The highest BCUT2D eigenvalue weighted by molar-refractivity contribution is 9.10. The van der Waals surface area contributed by atoms with E-state index in [1.165, 1.54) is 12.1 Å². The van der Waals surface area contributed by atoms with Gasteiger partial charge < -0.3 is 5.11 Å². The number of carboxylic acid groups (broad SMARTS) is 1. The molecule has 1 aromatic carbocycles. The minimum absolute atomic E-state index is 0.153. The molecule has 0 aliphatic rings. The predicted octanol–water partition coefficient (Wildman–Crippen LogP) is 2.99. The van der Waals surface area contributed by atoms with Gasteiger partial charge in [0.25, 0.3) is 0 Å². The number of rotatable bonds is 2. The number of benzene rings is 1. The van der Waals surface area contributed by atoms with Crippen LogP contribution in [0.2, 0.25) is 5.02 Å². The van der Waals surface area contributed by atoms with Gasteiger partial charge >= 0.3 is 5.97 Å². The summed E-state index contributed by atoms with van der Waals surface area (Å²) in [5.74, 6) is -1.00. The third kappa shape index (κ3) is 2.10. The van der Waals surface area contributed by atoms with Crippen molar-refractivity contribution in [2.24, 2.45) is 0 Å². The maximum Gasteiger partial charge on any atom is 0.335 e. The molecule has 0 saturated carbocycles. The van der Waals surface area contributed by atoms with Crippen LogP contribution in [0.1, 0.15) is 10.4 Å². The number of hydrogen-bond acceptors (Lipinski definition) is 2. The van der Waals surface area contributed by atoms with Gasteiger partial charge in [0.05, 0.1) is 26.9 Å². The van der Waals surface area contributed by atoms with Crippen molar-refractivity contribution in [2.75, 3.05) is 0 Å². The summed E-state index contributed by atoms with van der Waals surface area (Å²) in [4.78, 5) is 10.7. The summed E-state index contributed by atoms with van der Waals surface area (Å²) in [5.41, 5.74) is 0.789. The van der Waals surface area contributed by atoms with E-state index < -0.39 is 5.97 Å². The molecule has 1 N–H and O–H groups in total. The molecule has 0 aliphatic heterocycles. The first kappa shape index (κ1) is 11.2. The van der Waals surface area contributed by atoms with Crippen LogP contribution in [-0.4, -0.2) is 20.9 Å². The van der Waals surface area contributed by atoms with Crippen LogP contribution in [0.15, 0.2) is 35.1 Å². The number of halogens is 2. The van der Waals surface area contributed by atoms with Crippen molar-refractivity contribution in [2.45, 2.75) is 0 Å². The quantitative estimate of drug-likeness (QED) is 0.927. The van der Waals surface area contributed by atoms with Crippen LogP contribution in [0.5, 0.6) is 0 Å². The molecule has 0 spiro atoms. The molecule has 0 radical (unpaired) electrons. The average molecular weight is 302 g/mol. The second-order valence-corrected chi connectivity index (χ2v) is 4.40. The Hall–Kier alpha value is -1.33. The van der Waals surface area contributed by atoms with Crippen molar-refractivity contribution in [3.05, 3.63) is 45.7 Å². The molecule has 6 heteroatoms. The second-order valence-electron chi connectivity index (χ2n) is 3.07. The lowest BCUT2D eigenvalue weighted by Crippen LogP contribution is -1.99. The Balaban J connectivity index is 2.47. The summed E-state index contributed by atoms with van der Waals surface area (Å²) in [7, 11) is 0. The second kappa shape index (κ2) is 4.27. The van der Waals surface area contributed by atoms with Crippen LogP contribution >= 0.6 is 27.5 Å². The highest BCUT2D eigenvalue weighted by Gasteiger charge is 2.08. The molecule has 16 heavy (non-hydrogen) atoms. The molecule has 1 heterocycles. The fraction of sp³-hybridized carbons (Fsp3) is 0. The summed E-state index contributed by atoms with van der Waals surface area (Å²) in [6.07, 6.45) is 3.36. The Bertz CT molecular complexity index is 554. The van der Waals surface area contributed by atoms with Crippen LogP contribution in [0.3, 0.4) is 0 Å². The van der Waals surface area contributed by atoms with Gasteiger partial charge in [0, 0.05) is 6.20 Å². The van der Waals surface area contributed by atoms with Crippen molar-refractivity contribution >= 4 is 33.5 Å². The van der Waals surface area contributed by atoms with E-state index in [1.54, 1.807) is 23.1 Å². The number of hydrogen-bond donors (Lipinski definition) is 1. The molecule has 0 unspecified atom stereocenters. The van der Waals surface area contributed by atoms with Crippen LogP contribution < -0.4 is 0 Å². The number of carbonyl (C=O) groups is 1. The average Bonchev–Trinajstić information content (AvgIpc) is 2.64. The number of aromatic nitrogens is 2. The van der Waals surface area contributed by atoms with Gasteiger partial charge in [-0.25, -0.2) is 9.48 Å². The van der Waals surface area contributed by atoms with Crippen LogP contribution in [-0.2, 0) is 0 Å². The zero-order valence-electron chi connectivity index (χ0n) is 7.89. The topological polar surface area (TPSA) is 55.1 Å². The molecule has 0 aliphatic carbocycles. The molecule has 2 rings (SSSR count). The first-order valence-electron chi connectivity index (χ1n) is 4.31.